The molecule has 1 aromatic carbocycles. The normalized spacial score (nSPS) is 10.8. The molecule has 0 saturated heterocycles. The van der Waals surface area contributed by atoms with Crippen molar-refractivity contribution in [2.45, 2.75) is 13.1 Å². The molecule has 2 aromatic heterocycles. The molecule has 0 saturated carbocycles. The first-order valence-corrected chi connectivity index (χ1v) is 7.35. The maximum absolute atomic E-state index is 12.3. The maximum Gasteiger partial charge on any atom is 0.264 e. The van der Waals surface area contributed by atoms with E-state index in [9.17, 15) is 9.59 Å². The van der Waals surface area contributed by atoms with Gasteiger partial charge in [0.2, 0.25) is 5.91 Å². The van der Waals surface area contributed by atoms with E-state index in [1.54, 1.807) is 14.2 Å². The lowest BCUT2D eigenvalue weighted by atomic mass is 10.2. The van der Waals surface area contributed by atoms with Crippen molar-refractivity contribution < 1.29 is 9.53 Å². The molecule has 1 amide bonds. The summed E-state index contributed by atoms with van der Waals surface area (Å²) in [6.45, 7) is 0.258. The largest absolute Gasteiger partial charge is 0.497 e. The van der Waals surface area contributed by atoms with E-state index in [1.165, 1.54) is 21.8 Å². The number of nitrogens with zero attached hydrogens (tertiary/aromatic N) is 4. The van der Waals surface area contributed by atoms with E-state index in [4.69, 9.17) is 4.74 Å². The van der Waals surface area contributed by atoms with E-state index < -0.39 is 0 Å². The Bertz CT molecular complexity index is 944. The Kier molecular flexibility index (Phi) is 4.28. The van der Waals surface area contributed by atoms with Crippen molar-refractivity contribution in [3.8, 4) is 5.75 Å². The smallest absolute Gasteiger partial charge is 0.264 e. The third-order valence-electron chi connectivity index (χ3n) is 3.66. The van der Waals surface area contributed by atoms with E-state index >= 15 is 0 Å². The quantitative estimate of drug-likeness (QED) is 0.735. The molecule has 3 rings (SSSR count). The topological polar surface area (TPSA) is 91.0 Å². The zero-order chi connectivity index (χ0) is 17.1. The number of methoxy groups -OCH3 is 1. The van der Waals surface area contributed by atoms with Gasteiger partial charge in [-0.05, 0) is 17.7 Å². The molecule has 0 radical (unpaired) electrons. The van der Waals surface area contributed by atoms with Gasteiger partial charge in [0.05, 0.1) is 13.3 Å². The van der Waals surface area contributed by atoms with Gasteiger partial charge in [-0.2, -0.15) is 5.10 Å². The summed E-state index contributed by atoms with van der Waals surface area (Å²) in [4.78, 5) is 28.6. The second kappa shape index (κ2) is 6.53. The Labute approximate surface area is 137 Å². The summed E-state index contributed by atoms with van der Waals surface area (Å²) in [6, 6.07) is 7.42. The monoisotopic (exact) mass is 327 g/mol. The summed E-state index contributed by atoms with van der Waals surface area (Å²) in [5, 5.41) is 7.16. The van der Waals surface area contributed by atoms with Crippen LogP contribution in [0.25, 0.3) is 11.0 Å². The second-order valence-corrected chi connectivity index (χ2v) is 5.31. The van der Waals surface area contributed by atoms with Crippen molar-refractivity contribution in [1.29, 1.82) is 0 Å². The fraction of sp³-hybridized carbons (Fsp3) is 0.250. The average Bonchev–Trinajstić information content (AvgIpc) is 2.97. The van der Waals surface area contributed by atoms with Crippen LogP contribution in [0.2, 0.25) is 0 Å². The molecule has 3 aromatic rings. The van der Waals surface area contributed by atoms with Crippen molar-refractivity contribution >= 4 is 16.9 Å². The van der Waals surface area contributed by atoms with Crippen molar-refractivity contribution in [1.82, 2.24) is 24.6 Å². The first kappa shape index (κ1) is 15.7. The van der Waals surface area contributed by atoms with Crippen LogP contribution < -0.4 is 15.6 Å². The van der Waals surface area contributed by atoms with E-state index in [0.717, 1.165) is 11.3 Å². The standard InChI is InChI=1S/C16H17N5O3/c1-20-15-13(8-19-20)16(23)21(10-18-15)9-14(22)17-7-11-4-3-5-12(6-11)24-2/h3-6,8,10H,7,9H2,1-2H3,(H,17,22). The lowest BCUT2D eigenvalue weighted by Gasteiger charge is -2.08. The predicted octanol–water partition coefficient (Wildman–Crippen LogP) is 0.455. The van der Waals surface area contributed by atoms with E-state index in [2.05, 4.69) is 15.4 Å². The lowest BCUT2D eigenvalue weighted by Crippen LogP contribution is -2.32. The summed E-state index contributed by atoms with van der Waals surface area (Å²) in [6.07, 6.45) is 2.81. The van der Waals surface area contributed by atoms with Crippen molar-refractivity contribution in [3.05, 3.63) is 52.7 Å². The van der Waals surface area contributed by atoms with Gasteiger partial charge in [-0.1, -0.05) is 12.1 Å². The van der Waals surface area contributed by atoms with Crippen LogP contribution in [0.15, 0.2) is 41.6 Å². The molecule has 0 spiro atoms. The van der Waals surface area contributed by atoms with Gasteiger partial charge in [0, 0.05) is 13.6 Å². The molecule has 1 N–H and O–H groups in total. The molecule has 124 valence electrons. The third-order valence-corrected chi connectivity index (χ3v) is 3.66. The van der Waals surface area contributed by atoms with Crippen molar-refractivity contribution in [2.24, 2.45) is 7.05 Å². The summed E-state index contributed by atoms with van der Waals surface area (Å²) in [5.41, 5.74) is 1.12. The highest BCUT2D eigenvalue weighted by atomic mass is 16.5. The van der Waals surface area contributed by atoms with Gasteiger partial charge in [-0.15, -0.1) is 0 Å². The van der Waals surface area contributed by atoms with Crippen LogP contribution in [-0.4, -0.2) is 32.3 Å². The zero-order valence-corrected chi connectivity index (χ0v) is 13.4. The zero-order valence-electron chi connectivity index (χ0n) is 13.4. The average molecular weight is 327 g/mol. The van der Waals surface area contributed by atoms with Gasteiger partial charge in [0.15, 0.2) is 5.65 Å². The molecule has 0 unspecified atom stereocenters. The van der Waals surface area contributed by atoms with E-state index in [-0.39, 0.29) is 18.0 Å². The number of hydrogen-bond donors (Lipinski definition) is 1. The third kappa shape index (κ3) is 3.12. The maximum atomic E-state index is 12.3. The fourth-order valence-electron chi connectivity index (χ4n) is 2.37. The van der Waals surface area contributed by atoms with Gasteiger partial charge in [0.25, 0.3) is 5.56 Å². The molecule has 0 fully saturated rings. The molecule has 0 aliphatic rings. The molecule has 2 heterocycles. The number of aromatic nitrogens is 4. The molecular weight excluding hydrogens is 310 g/mol. The number of rotatable bonds is 5. The van der Waals surface area contributed by atoms with Gasteiger partial charge in [-0.25, -0.2) is 4.98 Å². The van der Waals surface area contributed by atoms with Crippen LogP contribution >= 0.6 is 0 Å². The number of ether oxygens (including phenoxy) is 1. The lowest BCUT2D eigenvalue weighted by molar-refractivity contribution is -0.121. The molecule has 0 aliphatic heterocycles. The number of carbonyl (C=O) groups is 1. The van der Waals surface area contributed by atoms with Gasteiger partial charge >= 0.3 is 0 Å². The number of aryl methyl sites for hydroxylation is 1. The van der Waals surface area contributed by atoms with Crippen LogP contribution in [0.3, 0.4) is 0 Å². The SMILES string of the molecule is COc1cccc(CNC(=O)Cn2cnc3c(cnn3C)c2=O)c1. The van der Waals surface area contributed by atoms with E-state index in [0.29, 0.717) is 17.6 Å². The predicted molar refractivity (Wildman–Crippen MR) is 87.6 cm³/mol. The summed E-state index contributed by atoms with van der Waals surface area (Å²) >= 11 is 0. The molecule has 8 heteroatoms. The highest BCUT2D eigenvalue weighted by Gasteiger charge is 2.10. The number of fused-ring (bicyclic) bond motifs is 1. The number of amides is 1. The number of benzene rings is 1. The van der Waals surface area contributed by atoms with Crippen molar-refractivity contribution in [3.63, 3.8) is 0 Å². The Hall–Kier alpha value is -3.16. The molecule has 0 atom stereocenters. The van der Waals surface area contributed by atoms with Crippen LogP contribution in [0.5, 0.6) is 5.75 Å². The number of carbonyl (C=O) groups excluding carboxylic acids is 1. The summed E-state index contributed by atoms with van der Waals surface area (Å²) in [5.74, 6) is 0.453. The van der Waals surface area contributed by atoms with Gasteiger partial charge < -0.3 is 10.1 Å². The van der Waals surface area contributed by atoms with Gasteiger partial charge in [-0.3, -0.25) is 18.8 Å². The Morgan fingerprint density at radius 2 is 2.21 bits per heavy atom. The van der Waals surface area contributed by atoms with E-state index in [1.807, 2.05) is 24.3 Å². The van der Waals surface area contributed by atoms with Crippen LogP contribution in [0, 0.1) is 0 Å². The summed E-state index contributed by atoms with van der Waals surface area (Å²) < 4.78 is 7.93. The second-order valence-electron chi connectivity index (χ2n) is 5.31. The van der Waals surface area contributed by atoms with Crippen LogP contribution in [0.1, 0.15) is 5.56 Å². The Morgan fingerprint density at radius 3 is 3.00 bits per heavy atom. The van der Waals surface area contributed by atoms with Crippen molar-refractivity contribution in [2.75, 3.05) is 7.11 Å². The molecule has 24 heavy (non-hydrogen) atoms. The highest BCUT2D eigenvalue weighted by molar-refractivity contribution is 5.77. The fourth-order valence-corrected chi connectivity index (χ4v) is 2.37. The number of hydrogen-bond acceptors (Lipinski definition) is 5. The summed E-state index contributed by atoms with van der Waals surface area (Å²) in [7, 11) is 3.30. The number of nitrogens with one attached hydrogen (secondary N) is 1. The molecule has 0 bridgehead atoms. The first-order chi connectivity index (χ1) is 11.6. The van der Waals surface area contributed by atoms with Crippen LogP contribution in [0.4, 0.5) is 0 Å². The molecule has 8 nitrogen and oxygen atoms in total. The first-order valence-electron chi connectivity index (χ1n) is 7.35. The molecular formula is C16H17N5O3. The highest BCUT2D eigenvalue weighted by Crippen LogP contribution is 2.12. The minimum absolute atomic E-state index is 0.0966. The molecule has 0 aliphatic carbocycles. The Balaban J connectivity index is 1.68. The minimum atomic E-state index is -0.287. The van der Waals surface area contributed by atoms with Crippen LogP contribution in [-0.2, 0) is 24.9 Å². The minimum Gasteiger partial charge on any atom is -0.497 e. The van der Waals surface area contributed by atoms with Gasteiger partial charge in [0.1, 0.15) is 24.0 Å². The Morgan fingerprint density at radius 1 is 1.38 bits per heavy atom.